The predicted octanol–water partition coefficient (Wildman–Crippen LogP) is -0.134. The summed E-state index contributed by atoms with van der Waals surface area (Å²) in [7, 11) is 0. The first-order valence-electron chi connectivity index (χ1n) is 3.15. The van der Waals surface area contributed by atoms with Gasteiger partial charge in [-0.15, -0.1) is 0 Å². The number of rotatable bonds is 1. The molecule has 1 heterocycles. The van der Waals surface area contributed by atoms with Gasteiger partial charge in [0.15, 0.2) is 5.79 Å². The fourth-order valence-corrected chi connectivity index (χ4v) is 1.03. The Balaban J connectivity index is 2.38. The van der Waals surface area contributed by atoms with Crippen molar-refractivity contribution in [2.24, 2.45) is 0 Å². The lowest BCUT2D eigenvalue weighted by atomic mass is 10.2. The van der Waals surface area contributed by atoms with Crippen LogP contribution in [0.25, 0.3) is 0 Å². The maximum atomic E-state index is 9.16. The van der Waals surface area contributed by atoms with Crippen molar-refractivity contribution in [3.8, 4) is 0 Å². The molecule has 54 valence electrons. The number of ether oxygens (including phenoxy) is 1. The molecular weight excluding hydrogens is 120 g/mol. The summed E-state index contributed by atoms with van der Waals surface area (Å²) in [5.74, 6) is -0.993. The molecule has 0 aromatic rings. The van der Waals surface area contributed by atoms with E-state index in [0.29, 0.717) is 6.42 Å². The van der Waals surface area contributed by atoms with Crippen LogP contribution in [0.15, 0.2) is 0 Å². The zero-order chi connectivity index (χ0) is 6.91. The highest BCUT2D eigenvalue weighted by Crippen LogP contribution is 2.26. The van der Waals surface area contributed by atoms with Gasteiger partial charge in [-0.2, -0.15) is 0 Å². The second-order valence-corrected chi connectivity index (χ2v) is 2.64. The first kappa shape index (κ1) is 6.99. The molecule has 3 nitrogen and oxygen atoms in total. The Labute approximate surface area is 54.3 Å². The summed E-state index contributed by atoms with van der Waals surface area (Å²) in [6.07, 6.45) is 1.22. The molecule has 0 bridgehead atoms. The van der Waals surface area contributed by atoms with E-state index >= 15 is 0 Å². The van der Waals surface area contributed by atoms with E-state index in [4.69, 9.17) is 14.9 Å². The Morgan fingerprint density at radius 3 is 2.67 bits per heavy atom. The maximum absolute atomic E-state index is 9.16. The average Bonchev–Trinajstić information content (AvgIpc) is 2.10. The summed E-state index contributed by atoms with van der Waals surface area (Å²) in [4.78, 5) is 0. The number of hydrogen-bond acceptors (Lipinski definition) is 3. The molecule has 0 aromatic carbocycles. The van der Waals surface area contributed by atoms with Crippen LogP contribution in [-0.2, 0) is 4.74 Å². The average molecular weight is 132 g/mol. The molecule has 1 rings (SSSR count). The van der Waals surface area contributed by atoms with Gasteiger partial charge < -0.3 is 14.9 Å². The van der Waals surface area contributed by atoms with E-state index in [1.807, 2.05) is 0 Å². The predicted molar refractivity (Wildman–Crippen MR) is 31.8 cm³/mol. The third-order valence-corrected chi connectivity index (χ3v) is 1.55. The summed E-state index contributed by atoms with van der Waals surface area (Å²) in [5, 5.41) is 17.7. The molecule has 1 fully saturated rings. The number of hydrogen-bond donors (Lipinski definition) is 2. The summed E-state index contributed by atoms with van der Waals surface area (Å²) in [5.41, 5.74) is 0. The van der Waals surface area contributed by atoms with E-state index in [9.17, 15) is 0 Å². The van der Waals surface area contributed by atoms with Crippen LogP contribution in [0.3, 0.4) is 0 Å². The van der Waals surface area contributed by atoms with Gasteiger partial charge in [0, 0.05) is 6.42 Å². The maximum Gasteiger partial charge on any atom is 0.163 e. The standard InChI is InChI=1S/C6H12O3/c1-6(8)3-2-5(4-7)9-6/h5,7-8H,2-4H2,1H3/t5-,6?/m1/s1. The van der Waals surface area contributed by atoms with Gasteiger partial charge in [0.1, 0.15) is 0 Å². The van der Waals surface area contributed by atoms with Crippen molar-refractivity contribution in [2.45, 2.75) is 31.7 Å². The lowest BCUT2D eigenvalue weighted by Gasteiger charge is -2.16. The van der Waals surface area contributed by atoms with Crippen molar-refractivity contribution in [3.05, 3.63) is 0 Å². The van der Waals surface area contributed by atoms with Gasteiger partial charge in [0.25, 0.3) is 0 Å². The molecule has 0 saturated carbocycles. The van der Waals surface area contributed by atoms with E-state index in [-0.39, 0.29) is 12.7 Å². The first-order valence-corrected chi connectivity index (χ1v) is 3.15. The molecule has 1 aliphatic rings. The van der Waals surface area contributed by atoms with Crippen molar-refractivity contribution < 1.29 is 14.9 Å². The van der Waals surface area contributed by atoms with Crippen LogP contribution in [0.4, 0.5) is 0 Å². The highest BCUT2D eigenvalue weighted by atomic mass is 16.6. The van der Waals surface area contributed by atoms with E-state index in [2.05, 4.69) is 0 Å². The van der Waals surface area contributed by atoms with Crippen LogP contribution in [0, 0.1) is 0 Å². The molecule has 0 radical (unpaired) electrons. The summed E-state index contributed by atoms with van der Waals surface area (Å²) >= 11 is 0. The smallest absolute Gasteiger partial charge is 0.163 e. The molecule has 0 amide bonds. The number of aliphatic hydroxyl groups excluding tert-OH is 1. The molecule has 3 heteroatoms. The minimum atomic E-state index is -0.993. The minimum absolute atomic E-state index is 0.0101. The van der Waals surface area contributed by atoms with Crippen LogP contribution >= 0.6 is 0 Å². The van der Waals surface area contributed by atoms with Crippen molar-refractivity contribution in [1.82, 2.24) is 0 Å². The summed E-state index contributed by atoms with van der Waals surface area (Å²) in [6, 6.07) is 0. The largest absolute Gasteiger partial charge is 0.394 e. The Hall–Kier alpha value is -0.120. The SMILES string of the molecule is CC1(O)CC[C@H](CO)O1. The van der Waals surface area contributed by atoms with E-state index < -0.39 is 5.79 Å². The minimum Gasteiger partial charge on any atom is -0.394 e. The van der Waals surface area contributed by atoms with Gasteiger partial charge in [0.05, 0.1) is 12.7 Å². The Morgan fingerprint density at radius 1 is 1.78 bits per heavy atom. The third kappa shape index (κ3) is 1.64. The molecule has 1 aliphatic heterocycles. The van der Waals surface area contributed by atoms with Gasteiger partial charge in [0.2, 0.25) is 0 Å². The van der Waals surface area contributed by atoms with Crippen LogP contribution in [0.1, 0.15) is 19.8 Å². The fraction of sp³-hybridized carbons (Fsp3) is 1.00. The van der Waals surface area contributed by atoms with Gasteiger partial charge in [-0.25, -0.2) is 0 Å². The van der Waals surface area contributed by atoms with Crippen LogP contribution in [-0.4, -0.2) is 28.7 Å². The summed E-state index contributed by atoms with van der Waals surface area (Å²) < 4.78 is 5.00. The molecule has 0 aliphatic carbocycles. The lowest BCUT2D eigenvalue weighted by molar-refractivity contribution is -0.183. The van der Waals surface area contributed by atoms with Crippen LogP contribution in [0.2, 0.25) is 0 Å². The molecule has 0 spiro atoms. The second kappa shape index (κ2) is 2.25. The molecule has 1 saturated heterocycles. The van der Waals surface area contributed by atoms with Crippen molar-refractivity contribution in [3.63, 3.8) is 0 Å². The zero-order valence-electron chi connectivity index (χ0n) is 5.50. The lowest BCUT2D eigenvalue weighted by Crippen LogP contribution is -2.24. The zero-order valence-corrected chi connectivity index (χ0v) is 5.50. The normalized spacial score (nSPS) is 43.7. The van der Waals surface area contributed by atoms with Crippen LogP contribution < -0.4 is 0 Å². The van der Waals surface area contributed by atoms with Crippen molar-refractivity contribution >= 4 is 0 Å². The molecule has 1 unspecified atom stereocenters. The topological polar surface area (TPSA) is 49.7 Å². The molecule has 2 atom stereocenters. The van der Waals surface area contributed by atoms with Gasteiger partial charge in [-0.3, -0.25) is 0 Å². The Morgan fingerprint density at radius 2 is 2.44 bits per heavy atom. The highest BCUT2D eigenvalue weighted by molar-refractivity contribution is 4.74. The second-order valence-electron chi connectivity index (χ2n) is 2.64. The third-order valence-electron chi connectivity index (χ3n) is 1.55. The van der Waals surface area contributed by atoms with E-state index in [1.165, 1.54) is 0 Å². The van der Waals surface area contributed by atoms with E-state index in [1.54, 1.807) is 6.92 Å². The quantitative estimate of drug-likeness (QED) is 0.522. The highest BCUT2D eigenvalue weighted by Gasteiger charge is 2.32. The number of aliphatic hydroxyl groups is 2. The molecule has 0 aromatic heterocycles. The fourth-order valence-electron chi connectivity index (χ4n) is 1.03. The molecule has 9 heavy (non-hydrogen) atoms. The van der Waals surface area contributed by atoms with Gasteiger partial charge in [-0.1, -0.05) is 0 Å². The van der Waals surface area contributed by atoms with Crippen LogP contribution in [0.5, 0.6) is 0 Å². The Bertz CT molecular complexity index is 100. The van der Waals surface area contributed by atoms with Crippen molar-refractivity contribution in [1.29, 1.82) is 0 Å². The molecule has 2 N–H and O–H groups in total. The first-order chi connectivity index (χ1) is 4.14. The Kier molecular flexibility index (Phi) is 1.75. The van der Waals surface area contributed by atoms with Gasteiger partial charge >= 0.3 is 0 Å². The monoisotopic (exact) mass is 132 g/mol. The van der Waals surface area contributed by atoms with E-state index in [0.717, 1.165) is 6.42 Å². The van der Waals surface area contributed by atoms with Gasteiger partial charge in [-0.05, 0) is 13.3 Å². The molecular formula is C6H12O3. The summed E-state index contributed by atoms with van der Waals surface area (Å²) in [6.45, 7) is 1.62. The van der Waals surface area contributed by atoms with Crippen molar-refractivity contribution in [2.75, 3.05) is 6.61 Å².